The SMILES string of the molecule is CCN(CC)C(=O)CSc1nnc2c(Cl)cc(C(F)(F)F)cn12. The van der Waals surface area contributed by atoms with Crippen molar-refractivity contribution in [3.05, 3.63) is 22.8 Å². The van der Waals surface area contributed by atoms with Crippen LogP contribution in [0.15, 0.2) is 17.4 Å². The van der Waals surface area contributed by atoms with Gasteiger partial charge in [0.1, 0.15) is 0 Å². The molecule has 0 aliphatic heterocycles. The quantitative estimate of drug-likeness (QED) is 0.761. The zero-order valence-corrected chi connectivity index (χ0v) is 14.0. The summed E-state index contributed by atoms with van der Waals surface area (Å²) in [5.74, 6) is -0.0501. The smallest absolute Gasteiger partial charge is 0.343 e. The van der Waals surface area contributed by atoms with Gasteiger partial charge in [0.25, 0.3) is 0 Å². The lowest BCUT2D eigenvalue weighted by Gasteiger charge is -2.17. The van der Waals surface area contributed by atoms with Gasteiger partial charge in [0.05, 0.1) is 16.3 Å². The molecule has 126 valence electrons. The van der Waals surface area contributed by atoms with Crippen LogP contribution in [0.2, 0.25) is 5.02 Å². The molecule has 0 spiro atoms. The number of carbonyl (C=O) groups excluding carboxylic acids is 1. The van der Waals surface area contributed by atoms with Crippen LogP contribution in [0, 0.1) is 0 Å². The van der Waals surface area contributed by atoms with Crippen LogP contribution in [-0.4, -0.2) is 44.2 Å². The Kier molecular flexibility index (Phi) is 5.41. The lowest BCUT2D eigenvalue weighted by atomic mass is 10.3. The van der Waals surface area contributed by atoms with Gasteiger partial charge in [-0.05, 0) is 19.9 Å². The second kappa shape index (κ2) is 6.96. The minimum absolute atomic E-state index is 0.0658. The van der Waals surface area contributed by atoms with Crippen LogP contribution in [-0.2, 0) is 11.0 Å². The second-order valence-corrected chi connectivity index (χ2v) is 5.96. The Morgan fingerprint density at radius 2 is 2.00 bits per heavy atom. The Balaban J connectivity index is 2.28. The number of amides is 1. The molecule has 0 unspecified atom stereocenters. The molecule has 10 heteroatoms. The van der Waals surface area contributed by atoms with Crippen LogP contribution in [0.25, 0.3) is 5.65 Å². The zero-order chi connectivity index (χ0) is 17.2. The van der Waals surface area contributed by atoms with Gasteiger partial charge in [-0.3, -0.25) is 9.20 Å². The number of aromatic nitrogens is 3. The number of carbonyl (C=O) groups is 1. The predicted octanol–water partition coefficient (Wildman–Crippen LogP) is 3.36. The molecule has 0 atom stereocenters. The van der Waals surface area contributed by atoms with Gasteiger partial charge in [0.15, 0.2) is 10.8 Å². The first kappa shape index (κ1) is 17.9. The van der Waals surface area contributed by atoms with E-state index in [1.54, 1.807) is 4.90 Å². The lowest BCUT2D eigenvalue weighted by molar-refractivity contribution is -0.138. The van der Waals surface area contributed by atoms with Gasteiger partial charge in [0.2, 0.25) is 5.91 Å². The van der Waals surface area contributed by atoms with Crippen molar-refractivity contribution in [2.75, 3.05) is 18.8 Å². The van der Waals surface area contributed by atoms with Crippen LogP contribution in [0.3, 0.4) is 0 Å². The zero-order valence-electron chi connectivity index (χ0n) is 12.4. The molecule has 1 amide bonds. The summed E-state index contributed by atoms with van der Waals surface area (Å²) in [6, 6.07) is 0.807. The lowest BCUT2D eigenvalue weighted by Crippen LogP contribution is -2.31. The molecule has 0 saturated carbocycles. The van der Waals surface area contributed by atoms with Crippen molar-refractivity contribution in [2.45, 2.75) is 25.2 Å². The summed E-state index contributed by atoms with van der Waals surface area (Å²) in [6.45, 7) is 4.85. The van der Waals surface area contributed by atoms with Crippen LogP contribution in [0.5, 0.6) is 0 Å². The summed E-state index contributed by atoms with van der Waals surface area (Å²) in [5, 5.41) is 7.63. The Labute approximate surface area is 139 Å². The first-order chi connectivity index (χ1) is 10.8. The van der Waals surface area contributed by atoms with Crippen LogP contribution in [0.1, 0.15) is 19.4 Å². The largest absolute Gasteiger partial charge is 0.417 e. The van der Waals surface area contributed by atoms with Crippen molar-refractivity contribution >= 4 is 34.9 Å². The maximum Gasteiger partial charge on any atom is 0.417 e. The van der Waals surface area contributed by atoms with Gasteiger partial charge in [-0.2, -0.15) is 13.2 Å². The van der Waals surface area contributed by atoms with Gasteiger partial charge >= 0.3 is 6.18 Å². The maximum atomic E-state index is 12.9. The number of rotatable bonds is 5. The second-order valence-electron chi connectivity index (χ2n) is 4.61. The molecule has 0 saturated heterocycles. The number of alkyl halides is 3. The molecule has 2 heterocycles. The number of hydrogen-bond donors (Lipinski definition) is 0. The van der Waals surface area contributed by atoms with Crippen LogP contribution in [0.4, 0.5) is 13.2 Å². The predicted molar refractivity (Wildman–Crippen MR) is 81.7 cm³/mol. The van der Waals surface area contributed by atoms with Crippen molar-refractivity contribution in [3.8, 4) is 0 Å². The molecule has 0 aromatic carbocycles. The van der Waals surface area contributed by atoms with E-state index >= 15 is 0 Å². The van der Waals surface area contributed by atoms with Crippen LogP contribution >= 0.6 is 23.4 Å². The number of fused-ring (bicyclic) bond motifs is 1. The highest BCUT2D eigenvalue weighted by Crippen LogP contribution is 2.33. The average Bonchev–Trinajstić information content (AvgIpc) is 2.89. The summed E-state index contributed by atoms with van der Waals surface area (Å²) in [7, 11) is 0. The molecule has 2 aromatic rings. The van der Waals surface area contributed by atoms with E-state index in [0.29, 0.717) is 13.1 Å². The number of nitrogens with zero attached hydrogens (tertiary/aromatic N) is 4. The number of halogens is 4. The van der Waals surface area contributed by atoms with E-state index in [9.17, 15) is 18.0 Å². The van der Waals surface area contributed by atoms with E-state index in [1.165, 1.54) is 0 Å². The Morgan fingerprint density at radius 3 is 2.57 bits per heavy atom. The maximum absolute atomic E-state index is 12.9. The van der Waals surface area contributed by atoms with E-state index in [1.807, 2.05) is 13.8 Å². The fourth-order valence-electron chi connectivity index (χ4n) is 1.98. The molecule has 0 aliphatic rings. The van der Waals surface area contributed by atoms with Crippen molar-refractivity contribution in [2.24, 2.45) is 0 Å². The Morgan fingerprint density at radius 1 is 1.35 bits per heavy atom. The average molecular weight is 367 g/mol. The van der Waals surface area contributed by atoms with E-state index < -0.39 is 11.7 Å². The molecule has 2 aromatic heterocycles. The monoisotopic (exact) mass is 366 g/mol. The van der Waals surface area contributed by atoms with Gasteiger partial charge < -0.3 is 4.90 Å². The van der Waals surface area contributed by atoms with Gasteiger partial charge in [-0.1, -0.05) is 23.4 Å². The third-order valence-corrected chi connectivity index (χ3v) is 4.40. The number of pyridine rings is 1. The molecule has 2 rings (SSSR count). The third-order valence-electron chi connectivity index (χ3n) is 3.20. The van der Waals surface area contributed by atoms with Crippen LogP contribution < -0.4 is 0 Å². The molecule has 0 fully saturated rings. The molecule has 0 radical (unpaired) electrons. The first-order valence-electron chi connectivity index (χ1n) is 6.80. The summed E-state index contributed by atoms with van der Waals surface area (Å²) >= 11 is 6.86. The topological polar surface area (TPSA) is 50.5 Å². The molecular formula is C13H14ClF3N4OS. The van der Waals surface area contributed by atoms with E-state index in [4.69, 9.17) is 11.6 Å². The fourth-order valence-corrected chi connectivity index (χ4v) is 3.04. The summed E-state index contributed by atoms with van der Waals surface area (Å²) in [4.78, 5) is 13.6. The Hall–Kier alpha value is -1.48. The van der Waals surface area contributed by atoms with E-state index in [2.05, 4.69) is 10.2 Å². The summed E-state index contributed by atoms with van der Waals surface area (Å²) in [6.07, 6.45) is -3.65. The minimum Gasteiger partial charge on any atom is -0.343 e. The first-order valence-corrected chi connectivity index (χ1v) is 8.16. The molecule has 23 heavy (non-hydrogen) atoms. The van der Waals surface area contributed by atoms with Gasteiger partial charge in [-0.25, -0.2) is 0 Å². The van der Waals surface area contributed by atoms with Crippen molar-refractivity contribution in [1.29, 1.82) is 0 Å². The summed E-state index contributed by atoms with van der Waals surface area (Å²) < 4.78 is 39.8. The highest BCUT2D eigenvalue weighted by atomic mass is 35.5. The van der Waals surface area contributed by atoms with Crippen molar-refractivity contribution in [1.82, 2.24) is 19.5 Å². The fraction of sp³-hybridized carbons (Fsp3) is 0.462. The standard InChI is InChI=1S/C13H14ClF3N4OS/c1-3-20(4-2)10(22)7-23-12-19-18-11-9(14)5-8(6-21(11)12)13(15,16)17/h5-6H,3-4,7H2,1-2H3. The van der Waals surface area contributed by atoms with Gasteiger partial charge in [-0.15, -0.1) is 10.2 Å². The number of hydrogen-bond acceptors (Lipinski definition) is 4. The van der Waals surface area contributed by atoms with E-state index in [0.717, 1.165) is 28.4 Å². The highest BCUT2D eigenvalue weighted by Gasteiger charge is 2.32. The number of thioether (sulfide) groups is 1. The van der Waals surface area contributed by atoms with Crippen molar-refractivity contribution in [3.63, 3.8) is 0 Å². The molecule has 0 aliphatic carbocycles. The molecular weight excluding hydrogens is 353 g/mol. The Bertz CT molecular complexity index is 715. The molecule has 5 nitrogen and oxygen atoms in total. The molecule has 0 bridgehead atoms. The minimum atomic E-state index is -4.53. The van der Waals surface area contributed by atoms with Crippen molar-refractivity contribution < 1.29 is 18.0 Å². The normalized spacial score (nSPS) is 11.9. The van der Waals surface area contributed by atoms with Gasteiger partial charge in [0, 0.05) is 19.3 Å². The van der Waals surface area contributed by atoms with E-state index in [-0.39, 0.29) is 27.5 Å². The highest BCUT2D eigenvalue weighted by molar-refractivity contribution is 7.99. The summed E-state index contributed by atoms with van der Waals surface area (Å²) in [5.41, 5.74) is -0.774. The third kappa shape index (κ3) is 3.89. The molecule has 0 N–H and O–H groups in total.